The van der Waals surface area contributed by atoms with Gasteiger partial charge in [-0.3, -0.25) is 0 Å². The number of nitrogens with zero attached hydrogens (tertiary/aromatic N) is 1. The Bertz CT molecular complexity index is 490. The summed E-state index contributed by atoms with van der Waals surface area (Å²) in [7, 11) is -2.33. The molecule has 0 saturated carbocycles. The highest BCUT2D eigenvalue weighted by Gasteiger charge is 2.24. The van der Waals surface area contributed by atoms with Crippen LogP contribution in [-0.4, -0.2) is 26.3 Å². The summed E-state index contributed by atoms with van der Waals surface area (Å²) in [6.07, 6.45) is 0.673. The van der Waals surface area contributed by atoms with Gasteiger partial charge in [0.15, 0.2) is 0 Å². The van der Waals surface area contributed by atoms with E-state index in [0.717, 1.165) is 10.4 Å². The highest BCUT2D eigenvalue weighted by atomic mass is 35.5. The number of hydrogen-bond acceptors (Lipinski definition) is 2. The predicted octanol–water partition coefficient (Wildman–Crippen LogP) is 2.60. The molecule has 17 heavy (non-hydrogen) atoms. The predicted molar refractivity (Wildman–Crippen MR) is 66.1 cm³/mol. The second kappa shape index (κ2) is 5.80. The van der Waals surface area contributed by atoms with Crippen molar-refractivity contribution in [1.82, 2.24) is 4.31 Å². The highest BCUT2D eigenvalue weighted by molar-refractivity contribution is 7.89. The van der Waals surface area contributed by atoms with Crippen molar-refractivity contribution < 1.29 is 12.8 Å². The van der Waals surface area contributed by atoms with Crippen molar-refractivity contribution in [3.8, 4) is 0 Å². The van der Waals surface area contributed by atoms with Crippen molar-refractivity contribution in [3.05, 3.63) is 29.6 Å². The maximum atomic E-state index is 13.6. The molecule has 0 spiro atoms. The zero-order chi connectivity index (χ0) is 13.1. The van der Waals surface area contributed by atoms with Crippen LogP contribution in [0.1, 0.15) is 18.9 Å². The van der Waals surface area contributed by atoms with Crippen molar-refractivity contribution in [2.24, 2.45) is 0 Å². The molecule has 3 nitrogen and oxygen atoms in total. The summed E-state index contributed by atoms with van der Waals surface area (Å²) in [4.78, 5) is -0.313. The van der Waals surface area contributed by atoms with E-state index in [4.69, 9.17) is 11.6 Å². The molecule has 0 bridgehead atoms. The molecule has 0 aliphatic rings. The van der Waals surface area contributed by atoms with Gasteiger partial charge in [-0.25, -0.2) is 17.1 Å². The summed E-state index contributed by atoms with van der Waals surface area (Å²) < 4.78 is 38.8. The average molecular weight is 280 g/mol. The summed E-state index contributed by atoms with van der Waals surface area (Å²) >= 11 is 5.61. The molecule has 1 rings (SSSR count). The Kier molecular flexibility index (Phi) is 4.91. The molecule has 0 unspecified atom stereocenters. The average Bonchev–Trinajstić information content (AvgIpc) is 2.29. The zero-order valence-electron chi connectivity index (χ0n) is 9.78. The van der Waals surface area contributed by atoms with E-state index >= 15 is 0 Å². The van der Waals surface area contributed by atoms with Crippen molar-refractivity contribution in [2.45, 2.75) is 24.1 Å². The monoisotopic (exact) mass is 279 g/mol. The molecule has 0 N–H and O–H groups in total. The van der Waals surface area contributed by atoms with Gasteiger partial charge in [-0.15, -0.1) is 11.6 Å². The van der Waals surface area contributed by atoms with E-state index in [1.54, 1.807) is 0 Å². The summed E-state index contributed by atoms with van der Waals surface area (Å²) in [6.45, 7) is 2.21. The van der Waals surface area contributed by atoms with Gasteiger partial charge in [0.2, 0.25) is 10.0 Å². The molecule has 0 radical (unpaired) electrons. The first-order chi connectivity index (χ1) is 7.93. The molecule has 0 atom stereocenters. The van der Waals surface area contributed by atoms with Gasteiger partial charge in [-0.1, -0.05) is 13.0 Å². The van der Waals surface area contributed by atoms with Crippen LogP contribution in [0.3, 0.4) is 0 Å². The molecule has 0 saturated heterocycles. The SMILES string of the molecule is CCCN(C)S(=O)(=O)c1cc(CCl)ccc1F. The van der Waals surface area contributed by atoms with Crippen molar-refractivity contribution in [2.75, 3.05) is 13.6 Å². The van der Waals surface area contributed by atoms with Gasteiger partial charge in [0.1, 0.15) is 10.7 Å². The third kappa shape index (κ3) is 3.18. The molecule has 0 aromatic heterocycles. The molecule has 1 aromatic carbocycles. The van der Waals surface area contributed by atoms with Crippen LogP contribution in [0.4, 0.5) is 4.39 Å². The fourth-order valence-corrected chi connectivity index (χ4v) is 2.97. The number of alkyl halides is 1. The lowest BCUT2D eigenvalue weighted by Crippen LogP contribution is -2.28. The standard InChI is InChI=1S/C11H15ClFNO2S/c1-3-6-14(2)17(15,16)11-7-9(8-12)4-5-10(11)13/h4-5,7H,3,6,8H2,1-2H3. The second-order valence-electron chi connectivity index (χ2n) is 3.72. The summed E-state index contributed by atoms with van der Waals surface area (Å²) in [5, 5.41) is 0. The quantitative estimate of drug-likeness (QED) is 0.777. The number of sulfonamides is 1. The minimum Gasteiger partial charge on any atom is -0.207 e. The number of rotatable bonds is 5. The van der Waals surface area contributed by atoms with Crippen molar-refractivity contribution in [1.29, 1.82) is 0 Å². The highest BCUT2D eigenvalue weighted by Crippen LogP contribution is 2.20. The summed E-state index contributed by atoms with van der Waals surface area (Å²) in [5.74, 6) is -0.595. The molecule has 0 amide bonds. The molecular weight excluding hydrogens is 265 g/mol. The minimum atomic E-state index is -3.76. The molecule has 6 heteroatoms. The van der Waals surface area contributed by atoms with Crippen LogP contribution in [0.5, 0.6) is 0 Å². The molecule has 0 aliphatic heterocycles. The second-order valence-corrected chi connectivity index (χ2v) is 6.01. The summed E-state index contributed by atoms with van der Waals surface area (Å²) in [5.41, 5.74) is 0.580. The van der Waals surface area contributed by atoms with Gasteiger partial charge >= 0.3 is 0 Å². The van der Waals surface area contributed by atoms with Crippen LogP contribution >= 0.6 is 11.6 Å². The topological polar surface area (TPSA) is 37.4 Å². The van der Waals surface area contributed by atoms with Crippen LogP contribution in [0, 0.1) is 5.82 Å². The molecule has 0 aliphatic carbocycles. The fraction of sp³-hybridized carbons (Fsp3) is 0.455. The Morgan fingerprint density at radius 1 is 1.41 bits per heavy atom. The van der Waals surface area contributed by atoms with Crippen molar-refractivity contribution >= 4 is 21.6 Å². The first-order valence-electron chi connectivity index (χ1n) is 5.24. The molecule has 0 heterocycles. The Labute approximate surface area is 106 Å². The normalized spacial score (nSPS) is 12.1. The van der Waals surface area contributed by atoms with Gasteiger partial charge in [0.25, 0.3) is 0 Å². The van der Waals surface area contributed by atoms with Gasteiger partial charge in [-0.05, 0) is 24.1 Å². The van der Waals surface area contributed by atoms with Gasteiger partial charge in [-0.2, -0.15) is 0 Å². The van der Waals surface area contributed by atoms with Crippen molar-refractivity contribution in [3.63, 3.8) is 0 Å². The van der Waals surface area contributed by atoms with E-state index < -0.39 is 15.8 Å². The lowest BCUT2D eigenvalue weighted by molar-refractivity contribution is 0.461. The summed E-state index contributed by atoms with van der Waals surface area (Å²) in [6, 6.07) is 3.88. The number of hydrogen-bond donors (Lipinski definition) is 0. The smallest absolute Gasteiger partial charge is 0.207 e. The first kappa shape index (κ1) is 14.4. The Morgan fingerprint density at radius 3 is 2.59 bits per heavy atom. The molecule has 1 aromatic rings. The van der Waals surface area contributed by atoms with Gasteiger partial charge < -0.3 is 0 Å². The molecule has 96 valence electrons. The van der Waals surface area contributed by atoms with E-state index in [2.05, 4.69) is 0 Å². The third-order valence-electron chi connectivity index (χ3n) is 2.38. The first-order valence-corrected chi connectivity index (χ1v) is 7.21. The van der Waals surface area contributed by atoms with E-state index in [9.17, 15) is 12.8 Å². The Morgan fingerprint density at radius 2 is 2.06 bits per heavy atom. The molecular formula is C11H15ClFNO2S. The Hall–Kier alpha value is -0.650. The van der Waals surface area contributed by atoms with Crippen LogP contribution in [0.25, 0.3) is 0 Å². The Balaban J connectivity index is 3.22. The maximum absolute atomic E-state index is 13.6. The van der Waals surface area contributed by atoms with Crippen LogP contribution in [0.15, 0.2) is 23.1 Å². The maximum Gasteiger partial charge on any atom is 0.245 e. The van der Waals surface area contributed by atoms with E-state index in [1.807, 2.05) is 6.92 Å². The van der Waals surface area contributed by atoms with Crippen LogP contribution in [-0.2, 0) is 15.9 Å². The largest absolute Gasteiger partial charge is 0.245 e. The third-order valence-corrected chi connectivity index (χ3v) is 4.56. The van der Waals surface area contributed by atoms with E-state index in [-0.39, 0.29) is 10.8 Å². The number of halogens is 2. The van der Waals surface area contributed by atoms with E-state index in [0.29, 0.717) is 18.5 Å². The van der Waals surface area contributed by atoms with Crippen LogP contribution < -0.4 is 0 Å². The van der Waals surface area contributed by atoms with Gasteiger partial charge in [0, 0.05) is 19.5 Å². The lowest BCUT2D eigenvalue weighted by Gasteiger charge is -2.17. The fourth-order valence-electron chi connectivity index (χ4n) is 1.43. The minimum absolute atomic E-state index is 0.153. The van der Waals surface area contributed by atoms with Crippen LogP contribution in [0.2, 0.25) is 0 Å². The lowest BCUT2D eigenvalue weighted by atomic mass is 10.2. The number of benzene rings is 1. The van der Waals surface area contributed by atoms with E-state index in [1.165, 1.54) is 19.2 Å². The molecule has 0 fully saturated rings. The zero-order valence-corrected chi connectivity index (χ0v) is 11.4. The van der Waals surface area contributed by atoms with Gasteiger partial charge in [0.05, 0.1) is 0 Å².